The number of benzene rings is 2. The summed E-state index contributed by atoms with van der Waals surface area (Å²) in [5.74, 6) is -0.354. The third kappa shape index (κ3) is 4.27. The van der Waals surface area contributed by atoms with Crippen molar-refractivity contribution in [2.75, 3.05) is 25.1 Å². The Kier molecular flexibility index (Phi) is 5.79. The Hall–Kier alpha value is -3.40. The lowest BCUT2D eigenvalue weighted by atomic mass is 10.0. The fraction of sp³-hybridized carbons (Fsp3) is 0.360. The van der Waals surface area contributed by atoms with E-state index in [9.17, 15) is 27.5 Å². The molecule has 1 aromatic heterocycles. The Morgan fingerprint density at radius 3 is 2.57 bits per heavy atom. The summed E-state index contributed by atoms with van der Waals surface area (Å²) in [5, 5.41) is 14.3. The molecule has 10 heteroatoms. The van der Waals surface area contributed by atoms with E-state index in [-0.39, 0.29) is 18.0 Å². The molecule has 35 heavy (non-hydrogen) atoms. The smallest absolute Gasteiger partial charge is 0.418 e. The second-order valence-corrected chi connectivity index (χ2v) is 8.84. The first-order valence-corrected chi connectivity index (χ1v) is 11.3. The number of fused-ring (bicyclic) bond motifs is 1. The van der Waals surface area contributed by atoms with Crippen LogP contribution in [0.4, 0.5) is 23.2 Å². The number of anilines is 1. The lowest BCUT2D eigenvalue weighted by Crippen LogP contribution is -2.29. The van der Waals surface area contributed by atoms with Crippen LogP contribution in [0.5, 0.6) is 5.75 Å². The average Bonchev–Trinajstić information content (AvgIpc) is 3.48. The Morgan fingerprint density at radius 1 is 1.11 bits per heavy atom. The van der Waals surface area contributed by atoms with Gasteiger partial charge in [-0.1, -0.05) is 0 Å². The van der Waals surface area contributed by atoms with Gasteiger partial charge in [-0.3, -0.25) is 4.79 Å². The van der Waals surface area contributed by atoms with E-state index in [1.807, 2.05) is 0 Å². The molecule has 6 nitrogen and oxygen atoms in total. The van der Waals surface area contributed by atoms with Crippen LogP contribution in [0.2, 0.25) is 0 Å². The van der Waals surface area contributed by atoms with Crippen LogP contribution in [0, 0.1) is 5.82 Å². The topological polar surface area (TPSA) is 67.6 Å². The highest BCUT2D eigenvalue weighted by Crippen LogP contribution is 2.37. The van der Waals surface area contributed by atoms with Gasteiger partial charge in [0.2, 0.25) is 0 Å². The van der Waals surface area contributed by atoms with Crippen LogP contribution < -0.4 is 15.2 Å². The molecular weight excluding hydrogens is 466 g/mol. The quantitative estimate of drug-likeness (QED) is 0.559. The van der Waals surface area contributed by atoms with Crippen molar-refractivity contribution in [2.45, 2.75) is 38.0 Å². The third-order valence-corrected chi connectivity index (χ3v) is 6.58. The molecule has 2 aliphatic rings. The number of aliphatic hydroxyl groups is 1. The summed E-state index contributed by atoms with van der Waals surface area (Å²) in [6, 6.07) is 7.52. The number of ether oxygens (including phenoxy) is 1. The summed E-state index contributed by atoms with van der Waals surface area (Å²) < 4.78 is 62.3. The number of β-amino-alcohol motifs (C(OH)–C–C–N with tert-alkyl or cyclic N) is 1. The summed E-state index contributed by atoms with van der Waals surface area (Å²) >= 11 is 0. The van der Waals surface area contributed by atoms with Gasteiger partial charge in [0.25, 0.3) is 5.56 Å². The lowest BCUT2D eigenvalue weighted by Gasteiger charge is -2.22. The van der Waals surface area contributed by atoms with Gasteiger partial charge in [-0.05, 0) is 61.6 Å². The first-order chi connectivity index (χ1) is 16.7. The standard InChI is InChI=1S/C25H23F4N3O3/c1-35-18-10-14(9-15(26)11-18)23-19-3-2-4-20(19)24(34)32(30-23)22-12-16(31-8-7-17(33)13-31)5-6-21(22)25(27,28)29/h5-6,9-12,17,33H,2-4,7-8,13H2,1H3. The minimum atomic E-state index is -4.74. The fourth-order valence-corrected chi connectivity index (χ4v) is 4.90. The zero-order valence-electron chi connectivity index (χ0n) is 18.9. The second-order valence-electron chi connectivity index (χ2n) is 8.84. The van der Waals surface area contributed by atoms with Gasteiger partial charge >= 0.3 is 6.18 Å². The average molecular weight is 489 g/mol. The molecule has 1 aliphatic carbocycles. The van der Waals surface area contributed by atoms with Gasteiger partial charge in [0.1, 0.15) is 11.6 Å². The van der Waals surface area contributed by atoms with Crippen LogP contribution in [0.1, 0.15) is 29.5 Å². The van der Waals surface area contributed by atoms with Crippen molar-refractivity contribution in [3.05, 3.63) is 69.3 Å². The molecule has 2 heterocycles. The van der Waals surface area contributed by atoms with Gasteiger partial charge in [0.15, 0.2) is 0 Å². The van der Waals surface area contributed by atoms with Crippen molar-refractivity contribution in [1.29, 1.82) is 0 Å². The minimum Gasteiger partial charge on any atom is -0.497 e. The number of hydrogen-bond donors (Lipinski definition) is 1. The number of aliphatic hydroxyl groups excluding tert-OH is 1. The van der Waals surface area contributed by atoms with Crippen molar-refractivity contribution in [3.63, 3.8) is 0 Å². The van der Waals surface area contributed by atoms with E-state index in [1.165, 1.54) is 31.4 Å². The molecule has 0 amide bonds. The number of aromatic nitrogens is 2. The van der Waals surface area contributed by atoms with E-state index < -0.39 is 34.9 Å². The molecule has 1 N–H and O–H groups in total. The summed E-state index contributed by atoms with van der Waals surface area (Å²) in [4.78, 5) is 15.1. The molecule has 1 unspecified atom stereocenters. The largest absolute Gasteiger partial charge is 0.497 e. The Morgan fingerprint density at radius 2 is 1.89 bits per heavy atom. The van der Waals surface area contributed by atoms with Gasteiger partial charge in [-0.25, -0.2) is 4.39 Å². The molecule has 1 fully saturated rings. The number of alkyl halides is 3. The molecule has 5 rings (SSSR count). The Labute approximate surface area is 198 Å². The number of nitrogens with zero attached hydrogens (tertiary/aromatic N) is 3. The first kappa shape index (κ1) is 23.3. The maximum Gasteiger partial charge on any atom is 0.418 e. The SMILES string of the molecule is COc1cc(F)cc(-c2nn(-c3cc(N4CCC(O)C4)ccc3C(F)(F)F)c(=O)c3c2CCC3)c1. The summed E-state index contributed by atoms with van der Waals surface area (Å²) in [7, 11) is 1.38. The molecule has 1 aliphatic heterocycles. The van der Waals surface area contributed by atoms with Crippen LogP contribution in [0.25, 0.3) is 16.9 Å². The van der Waals surface area contributed by atoms with E-state index in [1.54, 1.807) is 11.0 Å². The molecule has 3 aromatic rings. The second kappa shape index (κ2) is 8.67. The normalized spacial score (nSPS) is 17.7. The molecule has 1 saturated heterocycles. The maximum atomic E-state index is 14.3. The molecule has 1 atom stereocenters. The highest BCUT2D eigenvalue weighted by Gasteiger charge is 2.36. The highest BCUT2D eigenvalue weighted by atomic mass is 19.4. The fourth-order valence-electron chi connectivity index (χ4n) is 4.90. The molecule has 0 radical (unpaired) electrons. The van der Waals surface area contributed by atoms with Gasteiger partial charge in [0.05, 0.1) is 30.2 Å². The van der Waals surface area contributed by atoms with E-state index in [4.69, 9.17) is 4.74 Å². The molecule has 0 bridgehead atoms. The monoisotopic (exact) mass is 489 g/mol. The van der Waals surface area contributed by atoms with Gasteiger partial charge in [-0.15, -0.1) is 0 Å². The number of hydrogen-bond acceptors (Lipinski definition) is 5. The van der Waals surface area contributed by atoms with Crippen molar-refractivity contribution in [3.8, 4) is 22.7 Å². The van der Waals surface area contributed by atoms with E-state index in [0.717, 1.165) is 10.7 Å². The van der Waals surface area contributed by atoms with Crippen molar-refractivity contribution >= 4 is 5.69 Å². The summed E-state index contributed by atoms with van der Waals surface area (Å²) in [6.07, 6.45) is -3.25. The summed E-state index contributed by atoms with van der Waals surface area (Å²) in [5.41, 5.74) is 0.00394. The first-order valence-electron chi connectivity index (χ1n) is 11.3. The van der Waals surface area contributed by atoms with Crippen molar-refractivity contribution in [2.24, 2.45) is 0 Å². The number of halogens is 4. The van der Waals surface area contributed by atoms with Gasteiger partial charge in [0, 0.05) is 36.0 Å². The lowest BCUT2D eigenvalue weighted by molar-refractivity contribution is -0.137. The zero-order valence-corrected chi connectivity index (χ0v) is 18.9. The predicted octanol–water partition coefficient (Wildman–Crippen LogP) is 4.13. The number of methoxy groups -OCH3 is 1. The molecule has 184 valence electrons. The molecule has 2 aromatic carbocycles. The van der Waals surface area contributed by atoms with Gasteiger partial charge in [-0.2, -0.15) is 23.0 Å². The maximum absolute atomic E-state index is 14.3. The van der Waals surface area contributed by atoms with E-state index in [2.05, 4.69) is 5.10 Å². The molecule has 0 spiro atoms. The third-order valence-electron chi connectivity index (χ3n) is 6.58. The Balaban J connectivity index is 1.75. The van der Waals surface area contributed by atoms with E-state index >= 15 is 0 Å². The van der Waals surface area contributed by atoms with Crippen LogP contribution in [0.3, 0.4) is 0 Å². The van der Waals surface area contributed by atoms with Crippen LogP contribution in [0.15, 0.2) is 41.2 Å². The predicted molar refractivity (Wildman–Crippen MR) is 122 cm³/mol. The van der Waals surface area contributed by atoms with Crippen LogP contribution in [-0.4, -0.2) is 41.2 Å². The molecular formula is C25H23F4N3O3. The Bertz CT molecular complexity index is 1350. The number of rotatable bonds is 4. The minimum absolute atomic E-state index is 0.233. The van der Waals surface area contributed by atoms with Gasteiger partial charge < -0.3 is 14.7 Å². The molecule has 0 saturated carbocycles. The van der Waals surface area contributed by atoms with Crippen molar-refractivity contribution in [1.82, 2.24) is 9.78 Å². The zero-order chi connectivity index (χ0) is 24.9. The van der Waals surface area contributed by atoms with Crippen LogP contribution >= 0.6 is 0 Å². The highest BCUT2D eigenvalue weighted by molar-refractivity contribution is 5.67. The van der Waals surface area contributed by atoms with Crippen LogP contribution in [-0.2, 0) is 19.0 Å². The van der Waals surface area contributed by atoms with E-state index in [0.29, 0.717) is 54.6 Å². The summed E-state index contributed by atoms with van der Waals surface area (Å²) in [6.45, 7) is 0.762. The van der Waals surface area contributed by atoms with Crippen molar-refractivity contribution < 1.29 is 27.4 Å².